The fourth-order valence-electron chi connectivity index (χ4n) is 5.74. The second-order valence-electron chi connectivity index (χ2n) is 10.5. The summed E-state index contributed by atoms with van der Waals surface area (Å²) in [5, 5.41) is 5.46. The number of fused-ring (bicyclic) bond motifs is 1. The summed E-state index contributed by atoms with van der Waals surface area (Å²) in [6, 6.07) is 20.1. The van der Waals surface area contributed by atoms with E-state index in [-0.39, 0.29) is 23.5 Å². The van der Waals surface area contributed by atoms with Crippen molar-refractivity contribution in [2.24, 2.45) is 0 Å². The minimum Gasteiger partial charge on any atom is -0.368 e. The Morgan fingerprint density at radius 3 is 2.36 bits per heavy atom. The maximum atomic E-state index is 14.1. The van der Waals surface area contributed by atoms with Crippen molar-refractivity contribution in [2.75, 3.05) is 42.6 Å². The van der Waals surface area contributed by atoms with Crippen LogP contribution in [0.1, 0.15) is 41.0 Å². The Bertz CT molecular complexity index is 1620. The molecule has 0 aliphatic carbocycles. The number of pyridine rings is 1. The van der Waals surface area contributed by atoms with E-state index in [9.17, 15) is 13.2 Å². The third kappa shape index (κ3) is 4.91. The number of piperazine rings is 1. The minimum absolute atomic E-state index is 0.0387. The number of rotatable bonds is 5. The highest BCUT2D eigenvalue weighted by atomic mass is 32.2. The molecule has 6 rings (SSSR count). The lowest BCUT2D eigenvalue weighted by atomic mass is 10.0. The van der Waals surface area contributed by atoms with Crippen LogP contribution in [0.25, 0.3) is 22.3 Å². The highest BCUT2D eigenvalue weighted by Gasteiger charge is 2.33. The molecule has 2 fully saturated rings. The first-order valence-corrected chi connectivity index (χ1v) is 15.4. The Balaban J connectivity index is 1.40. The van der Waals surface area contributed by atoms with Crippen LogP contribution in [0.15, 0.2) is 60.7 Å². The first-order chi connectivity index (χ1) is 18.8. The number of hydrogen-bond acceptors (Lipinski definition) is 6. The first kappa shape index (κ1) is 25.6. The smallest absolute Gasteiger partial charge is 0.254 e. The number of para-hydroxylation sites is 1. The van der Waals surface area contributed by atoms with Crippen LogP contribution in [0.4, 0.5) is 5.69 Å². The molecule has 1 amide bonds. The maximum Gasteiger partial charge on any atom is 0.254 e. The van der Waals surface area contributed by atoms with E-state index in [4.69, 9.17) is 10.1 Å². The van der Waals surface area contributed by atoms with E-state index >= 15 is 0 Å². The van der Waals surface area contributed by atoms with E-state index in [0.29, 0.717) is 47.5 Å². The molecule has 2 saturated heterocycles. The Labute approximate surface area is 229 Å². The van der Waals surface area contributed by atoms with Gasteiger partial charge in [0.25, 0.3) is 5.91 Å². The molecular formula is C30H33N5O3S. The Hall–Kier alpha value is -3.72. The fourth-order valence-corrected chi connectivity index (χ4v) is 7.43. The van der Waals surface area contributed by atoms with Crippen molar-refractivity contribution in [3.63, 3.8) is 0 Å². The molecule has 4 heterocycles. The lowest BCUT2D eigenvalue weighted by Gasteiger charge is -2.36. The highest BCUT2D eigenvalue weighted by Crippen LogP contribution is 2.33. The number of anilines is 1. The van der Waals surface area contributed by atoms with Crippen molar-refractivity contribution < 1.29 is 13.2 Å². The molecule has 9 heteroatoms. The molecule has 4 aromatic rings. The summed E-state index contributed by atoms with van der Waals surface area (Å²) in [4.78, 5) is 23.3. The summed E-state index contributed by atoms with van der Waals surface area (Å²) >= 11 is 0. The van der Waals surface area contributed by atoms with Crippen LogP contribution in [0.3, 0.4) is 0 Å². The lowest BCUT2D eigenvalue weighted by molar-refractivity contribution is 0.0748. The molecule has 0 bridgehead atoms. The van der Waals surface area contributed by atoms with E-state index in [1.165, 1.54) is 5.56 Å². The first-order valence-electron chi connectivity index (χ1n) is 13.6. The van der Waals surface area contributed by atoms with Gasteiger partial charge in [0.15, 0.2) is 15.5 Å². The summed E-state index contributed by atoms with van der Waals surface area (Å²) in [5.74, 6) is 0.155. The zero-order chi connectivity index (χ0) is 27.1. The van der Waals surface area contributed by atoms with Crippen molar-refractivity contribution in [3.05, 3.63) is 77.5 Å². The Morgan fingerprint density at radius 1 is 1.00 bits per heavy atom. The van der Waals surface area contributed by atoms with Crippen molar-refractivity contribution in [2.45, 2.75) is 32.7 Å². The molecule has 0 N–H and O–H groups in total. The molecule has 202 valence electrons. The maximum absolute atomic E-state index is 14.1. The lowest BCUT2D eigenvalue weighted by Crippen LogP contribution is -2.48. The monoisotopic (exact) mass is 543 g/mol. The summed E-state index contributed by atoms with van der Waals surface area (Å²) in [6.45, 7) is 6.74. The molecule has 0 spiro atoms. The van der Waals surface area contributed by atoms with Gasteiger partial charge in [0, 0.05) is 37.4 Å². The number of carbonyl (C=O) groups excluding carboxylic acids is 1. The number of benzene rings is 2. The molecule has 8 nitrogen and oxygen atoms in total. The fraction of sp³-hybridized carbons (Fsp3) is 0.367. The number of amides is 1. The van der Waals surface area contributed by atoms with Gasteiger partial charge in [-0.1, -0.05) is 49.4 Å². The summed E-state index contributed by atoms with van der Waals surface area (Å²) in [7, 11) is -3.11. The Kier molecular flexibility index (Phi) is 6.62. The van der Waals surface area contributed by atoms with Crippen LogP contribution in [0.5, 0.6) is 0 Å². The van der Waals surface area contributed by atoms with Gasteiger partial charge in [-0.2, -0.15) is 5.10 Å². The van der Waals surface area contributed by atoms with Crippen LogP contribution >= 0.6 is 0 Å². The molecule has 0 radical (unpaired) electrons. The van der Waals surface area contributed by atoms with Crippen LogP contribution in [0, 0.1) is 6.92 Å². The van der Waals surface area contributed by atoms with E-state index < -0.39 is 9.84 Å². The summed E-state index contributed by atoms with van der Waals surface area (Å²) in [6.07, 6.45) is 1.44. The quantitative estimate of drug-likeness (QED) is 0.373. The van der Waals surface area contributed by atoms with Crippen molar-refractivity contribution in [1.82, 2.24) is 19.7 Å². The average Bonchev–Trinajstić information content (AvgIpc) is 3.51. The number of nitrogens with zero attached hydrogens (tertiary/aromatic N) is 5. The zero-order valence-corrected chi connectivity index (χ0v) is 23.2. The van der Waals surface area contributed by atoms with Gasteiger partial charge >= 0.3 is 0 Å². The SMILES string of the molecule is CCc1ccc(-c2cc(C(=O)N3CCN(c4ccccc4)CC3)c3c(C)nn(C4CCS(=O)(=O)C4)c3n2)cc1. The van der Waals surface area contributed by atoms with Crippen molar-refractivity contribution in [1.29, 1.82) is 0 Å². The minimum atomic E-state index is -3.11. The van der Waals surface area contributed by atoms with Gasteiger partial charge in [-0.15, -0.1) is 0 Å². The van der Waals surface area contributed by atoms with E-state index in [0.717, 1.165) is 30.8 Å². The predicted octanol–water partition coefficient (Wildman–Crippen LogP) is 4.29. The second kappa shape index (κ2) is 10.1. The Morgan fingerprint density at radius 2 is 1.72 bits per heavy atom. The summed E-state index contributed by atoms with van der Waals surface area (Å²) in [5.41, 5.74) is 5.85. The van der Waals surface area contributed by atoms with Crippen LogP contribution in [-0.2, 0) is 16.3 Å². The molecule has 2 aromatic heterocycles. The van der Waals surface area contributed by atoms with Gasteiger partial charge in [-0.05, 0) is 43.5 Å². The molecule has 1 atom stereocenters. The number of aryl methyl sites for hydroxylation is 2. The van der Waals surface area contributed by atoms with Crippen LogP contribution in [-0.4, -0.2) is 71.7 Å². The van der Waals surface area contributed by atoms with Gasteiger partial charge in [-0.25, -0.2) is 18.1 Å². The van der Waals surface area contributed by atoms with Crippen molar-refractivity contribution in [3.8, 4) is 11.3 Å². The molecular weight excluding hydrogens is 510 g/mol. The topological polar surface area (TPSA) is 88.4 Å². The van der Waals surface area contributed by atoms with Gasteiger partial charge in [0.1, 0.15) is 0 Å². The second-order valence-corrected chi connectivity index (χ2v) is 12.7. The number of hydrogen-bond donors (Lipinski definition) is 0. The number of sulfone groups is 1. The predicted molar refractivity (Wildman–Crippen MR) is 154 cm³/mol. The third-order valence-corrected chi connectivity index (χ3v) is 9.72. The zero-order valence-electron chi connectivity index (χ0n) is 22.4. The van der Waals surface area contributed by atoms with E-state index in [1.54, 1.807) is 4.68 Å². The molecule has 2 aliphatic rings. The molecule has 2 aromatic carbocycles. The average molecular weight is 544 g/mol. The van der Waals surface area contributed by atoms with Crippen molar-refractivity contribution >= 4 is 32.5 Å². The standard InChI is InChI=1S/C30H33N5O3S/c1-3-22-9-11-23(12-10-22)27-19-26(30(36)34-16-14-33(15-17-34)24-7-5-4-6-8-24)28-21(2)32-35(29(28)31-27)25-13-18-39(37,38)20-25/h4-12,19,25H,3,13-18,20H2,1-2H3. The van der Waals surface area contributed by atoms with E-state index in [2.05, 4.69) is 36.1 Å². The van der Waals surface area contributed by atoms with Crippen LogP contribution in [0.2, 0.25) is 0 Å². The normalized spacial score (nSPS) is 19.1. The summed E-state index contributed by atoms with van der Waals surface area (Å²) < 4.78 is 26.3. The molecule has 2 aliphatic heterocycles. The number of aromatic nitrogens is 3. The van der Waals surface area contributed by atoms with Gasteiger partial charge in [-0.3, -0.25) is 4.79 Å². The van der Waals surface area contributed by atoms with E-state index in [1.807, 2.05) is 48.2 Å². The molecule has 1 unspecified atom stereocenters. The van der Waals surface area contributed by atoms with Gasteiger partial charge < -0.3 is 9.80 Å². The number of carbonyl (C=O) groups is 1. The van der Waals surface area contributed by atoms with Gasteiger partial charge in [0.2, 0.25) is 0 Å². The van der Waals surface area contributed by atoms with Crippen LogP contribution < -0.4 is 4.90 Å². The molecule has 0 saturated carbocycles. The highest BCUT2D eigenvalue weighted by molar-refractivity contribution is 7.91. The largest absolute Gasteiger partial charge is 0.368 e. The molecule has 39 heavy (non-hydrogen) atoms. The third-order valence-electron chi connectivity index (χ3n) is 7.97. The van der Waals surface area contributed by atoms with Gasteiger partial charge in [0.05, 0.1) is 39.9 Å².